The lowest BCUT2D eigenvalue weighted by molar-refractivity contribution is -0.121. The summed E-state index contributed by atoms with van der Waals surface area (Å²) in [6, 6.07) is 7.61. The maximum Gasteiger partial charge on any atom is 0.261 e. The van der Waals surface area contributed by atoms with E-state index in [2.05, 4.69) is 20.3 Å². The lowest BCUT2D eigenvalue weighted by Crippen LogP contribution is -2.30. The van der Waals surface area contributed by atoms with Gasteiger partial charge in [0.25, 0.3) is 5.56 Å². The highest BCUT2D eigenvalue weighted by Crippen LogP contribution is 2.27. The van der Waals surface area contributed by atoms with Crippen LogP contribution in [0, 0.1) is 26.7 Å². The first-order valence-electron chi connectivity index (χ1n) is 10.6. The Morgan fingerprint density at radius 2 is 1.94 bits per heavy atom. The molecule has 0 aliphatic rings. The number of primary amides is 1. The van der Waals surface area contributed by atoms with Crippen LogP contribution in [0.3, 0.4) is 0 Å². The predicted octanol–water partition coefficient (Wildman–Crippen LogP) is 3.57. The van der Waals surface area contributed by atoms with E-state index in [0.29, 0.717) is 17.4 Å². The van der Waals surface area contributed by atoms with Crippen LogP contribution < -0.4 is 16.6 Å². The van der Waals surface area contributed by atoms with Gasteiger partial charge in [0, 0.05) is 23.2 Å². The molecule has 0 bridgehead atoms. The molecule has 0 aliphatic heterocycles. The van der Waals surface area contributed by atoms with Gasteiger partial charge in [-0.25, -0.2) is 9.97 Å². The zero-order valence-corrected chi connectivity index (χ0v) is 19.9. The van der Waals surface area contributed by atoms with Crippen LogP contribution in [-0.2, 0) is 17.9 Å². The number of anilines is 1. The molecule has 33 heavy (non-hydrogen) atoms. The molecule has 0 radical (unpaired) electrons. The quantitative estimate of drug-likeness (QED) is 0.434. The first-order valence-corrected chi connectivity index (χ1v) is 11.5. The Bertz CT molecular complexity index is 1410. The van der Waals surface area contributed by atoms with E-state index in [0.717, 1.165) is 33.2 Å². The molecular weight excluding hydrogens is 436 g/mol. The van der Waals surface area contributed by atoms with Gasteiger partial charge in [0.15, 0.2) is 0 Å². The maximum atomic E-state index is 13.0. The van der Waals surface area contributed by atoms with Gasteiger partial charge < -0.3 is 11.1 Å². The molecule has 1 amide bonds. The molecule has 0 spiro atoms. The van der Waals surface area contributed by atoms with E-state index >= 15 is 0 Å². The van der Waals surface area contributed by atoms with Crippen molar-refractivity contribution in [2.75, 3.05) is 5.32 Å². The summed E-state index contributed by atoms with van der Waals surface area (Å²) in [4.78, 5) is 39.0. The summed E-state index contributed by atoms with van der Waals surface area (Å²) < 4.78 is 1.43. The van der Waals surface area contributed by atoms with Gasteiger partial charge in [-0.05, 0) is 44.5 Å². The molecule has 4 aromatic rings. The number of aromatic nitrogens is 4. The molecule has 0 saturated heterocycles. The number of carbonyl (C=O) groups is 1. The smallest absolute Gasteiger partial charge is 0.261 e. The summed E-state index contributed by atoms with van der Waals surface area (Å²) >= 11 is 1.68. The molecule has 4 rings (SSSR count). The number of hydrogen-bond donors (Lipinski definition) is 2. The molecule has 1 atom stereocenters. The highest BCUT2D eigenvalue weighted by Gasteiger charge is 2.13. The first-order chi connectivity index (χ1) is 15.7. The Morgan fingerprint density at radius 1 is 1.15 bits per heavy atom. The third-order valence-electron chi connectivity index (χ3n) is 5.64. The number of benzene rings is 1. The van der Waals surface area contributed by atoms with Gasteiger partial charge >= 0.3 is 0 Å². The first kappa shape index (κ1) is 22.6. The van der Waals surface area contributed by atoms with E-state index in [9.17, 15) is 9.59 Å². The van der Waals surface area contributed by atoms with Crippen molar-refractivity contribution in [1.82, 2.24) is 19.5 Å². The molecule has 3 aromatic heterocycles. The second-order valence-electron chi connectivity index (χ2n) is 8.19. The van der Waals surface area contributed by atoms with Crippen LogP contribution in [0.2, 0.25) is 0 Å². The number of hydrogen-bond acceptors (Lipinski definition) is 7. The molecule has 1 aromatic carbocycles. The van der Waals surface area contributed by atoms with Crippen LogP contribution in [0.4, 0.5) is 5.69 Å². The van der Waals surface area contributed by atoms with Gasteiger partial charge in [-0.3, -0.25) is 19.1 Å². The summed E-state index contributed by atoms with van der Waals surface area (Å²) in [5.74, 6) is -0.920. The molecule has 3 heterocycles. The molecule has 9 heteroatoms. The number of carbonyl (C=O) groups excluding carboxylic acids is 1. The van der Waals surface area contributed by atoms with Gasteiger partial charge in [-0.2, -0.15) is 0 Å². The minimum atomic E-state index is -0.467. The number of pyridine rings is 1. The second-order valence-corrected chi connectivity index (χ2v) is 9.48. The number of amides is 1. The Balaban J connectivity index is 1.66. The number of nitrogens with two attached hydrogens (primary N) is 1. The van der Waals surface area contributed by atoms with E-state index in [1.54, 1.807) is 24.5 Å². The van der Waals surface area contributed by atoms with Crippen molar-refractivity contribution in [2.45, 2.75) is 40.8 Å². The Labute approximate surface area is 195 Å². The lowest BCUT2D eigenvalue weighted by Gasteiger charge is -2.12. The van der Waals surface area contributed by atoms with Crippen molar-refractivity contribution in [3.8, 4) is 11.1 Å². The predicted molar refractivity (Wildman–Crippen MR) is 131 cm³/mol. The molecule has 170 valence electrons. The Hall–Kier alpha value is -3.59. The average Bonchev–Trinajstić information content (AvgIpc) is 3.11. The SMILES string of the molecule is Cc1nc(C)c(CNc2cc(-c3ccc4ncn(CC(C)C(N)=O)c(=O)c4c3)cnc2C)s1. The summed E-state index contributed by atoms with van der Waals surface area (Å²) in [6.07, 6.45) is 3.26. The molecule has 8 nitrogen and oxygen atoms in total. The van der Waals surface area contributed by atoms with E-state index in [1.165, 1.54) is 15.8 Å². The van der Waals surface area contributed by atoms with Gasteiger partial charge in [0.2, 0.25) is 5.91 Å². The van der Waals surface area contributed by atoms with Crippen LogP contribution >= 0.6 is 11.3 Å². The van der Waals surface area contributed by atoms with Gasteiger partial charge in [0.1, 0.15) is 0 Å². The van der Waals surface area contributed by atoms with Gasteiger partial charge in [-0.1, -0.05) is 13.0 Å². The van der Waals surface area contributed by atoms with Crippen LogP contribution in [0.15, 0.2) is 41.6 Å². The van der Waals surface area contributed by atoms with Crippen molar-refractivity contribution in [2.24, 2.45) is 11.7 Å². The minimum absolute atomic E-state index is 0.192. The number of thiazole rings is 1. The third kappa shape index (κ3) is 4.78. The van der Waals surface area contributed by atoms with Crippen LogP contribution in [0.5, 0.6) is 0 Å². The number of nitrogens with one attached hydrogen (secondary N) is 1. The van der Waals surface area contributed by atoms with E-state index in [-0.39, 0.29) is 12.1 Å². The van der Waals surface area contributed by atoms with Crippen molar-refractivity contribution in [3.05, 3.63) is 68.4 Å². The zero-order valence-electron chi connectivity index (χ0n) is 19.0. The Kier molecular flexibility index (Phi) is 6.24. The Morgan fingerprint density at radius 3 is 2.64 bits per heavy atom. The summed E-state index contributed by atoms with van der Waals surface area (Å²) in [7, 11) is 0. The average molecular weight is 463 g/mol. The monoisotopic (exact) mass is 462 g/mol. The van der Waals surface area contributed by atoms with Crippen LogP contribution in [-0.4, -0.2) is 25.4 Å². The summed E-state index contributed by atoms with van der Waals surface area (Å²) in [6.45, 7) is 8.54. The van der Waals surface area contributed by atoms with Crippen molar-refractivity contribution in [3.63, 3.8) is 0 Å². The molecule has 0 saturated carbocycles. The van der Waals surface area contributed by atoms with Gasteiger partial charge in [-0.15, -0.1) is 11.3 Å². The highest BCUT2D eigenvalue weighted by molar-refractivity contribution is 7.11. The normalized spacial score (nSPS) is 12.1. The third-order valence-corrected chi connectivity index (χ3v) is 6.71. The number of aryl methyl sites for hydroxylation is 3. The lowest BCUT2D eigenvalue weighted by atomic mass is 10.0. The topological polar surface area (TPSA) is 116 Å². The fraction of sp³-hybridized carbons (Fsp3) is 0.292. The second kappa shape index (κ2) is 9.11. The molecule has 0 aliphatic carbocycles. The zero-order chi connectivity index (χ0) is 23.7. The molecule has 1 unspecified atom stereocenters. The molecule has 3 N–H and O–H groups in total. The van der Waals surface area contributed by atoms with Crippen molar-refractivity contribution < 1.29 is 4.79 Å². The number of nitrogens with zero attached hydrogens (tertiary/aromatic N) is 4. The molecule has 0 fully saturated rings. The maximum absolute atomic E-state index is 13.0. The fourth-order valence-electron chi connectivity index (χ4n) is 3.64. The van der Waals surface area contributed by atoms with Crippen LogP contribution in [0.25, 0.3) is 22.0 Å². The fourth-order valence-corrected chi connectivity index (χ4v) is 4.51. The highest BCUT2D eigenvalue weighted by atomic mass is 32.1. The number of rotatable bonds is 7. The molecular formula is C24H26N6O2S. The van der Waals surface area contributed by atoms with E-state index in [1.807, 2.05) is 45.0 Å². The van der Waals surface area contributed by atoms with E-state index < -0.39 is 11.8 Å². The van der Waals surface area contributed by atoms with Crippen molar-refractivity contribution in [1.29, 1.82) is 0 Å². The minimum Gasteiger partial charge on any atom is -0.379 e. The van der Waals surface area contributed by atoms with E-state index in [4.69, 9.17) is 5.73 Å². The van der Waals surface area contributed by atoms with Crippen LogP contribution in [0.1, 0.15) is 28.2 Å². The van der Waals surface area contributed by atoms with Gasteiger partial charge in [0.05, 0.1) is 51.8 Å². The number of fused-ring (bicyclic) bond motifs is 1. The van der Waals surface area contributed by atoms with Crippen molar-refractivity contribution >= 4 is 33.8 Å². The summed E-state index contributed by atoms with van der Waals surface area (Å²) in [5, 5.41) is 5.00. The summed E-state index contributed by atoms with van der Waals surface area (Å²) in [5.41, 5.74) is 10.4. The largest absolute Gasteiger partial charge is 0.379 e. The standard InChI is InChI=1S/C24H26N6O2S/c1-13(23(25)31)11-30-12-28-20-6-5-17(7-19(20)24(30)32)18-8-21(14(2)26-9-18)27-10-22-15(3)29-16(4)33-22/h5-9,12-13,27H,10-11H2,1-4H3,(H2,25,31).